The molecule has 0 spiro atoms. The van der Waals surface area contributed by atoms with Gasteiger partial charge in [-0.3, -0.25) is 4.99 Å². The monoisotopic (exact) mass is 196 g/mol. The summed E-state index contributed by atoms with van der Waals surface area (Å²) in [6.45, 7) is 0.985. The Labute approximate surface area is 82.8 Å². The van der Waals surface area contributed by atoms with Crippen LogP contribution in [-0.2, 0) is 0 Å². The summed E-state index contributed by atoms with van der Waals surface area (Å²) in [5.41, 5.74) is 0. The topological polar surface area (TPSA) is 12.4 Å². The van der Waals surface area contributed by atoms with Crippen molar-refractivity contribution in [1.29, 1.82) is 0 Å². The van der Waals surface area contributed by atoms with E-state index in [2.05, 4.69) is 30.5 Å². The van der Waals surface area contributed by atoms with E-state index in [9.17, 15) is 0 Å². The SMILES string of the molecule is CS[C]1[CH][CH][CH][C]1C1=NCCS1. The molecule has 0 atom stereocenters. The fourth-order valence-electron chi connectivity index (χ4n) is 1.26. The van der Waals surface area contributed by atoms with Gasteiger partial charge in [-0.2, -0.15) is 11.8 Å². The summed E-state index contributed by atoms with van der Waals surface area (Å²) in [6, 6.07) is 0. The Morgan fingerprint density at radius 2 is 2.42 bits per heavy atom. The second-order valence-electron chi connectivity index (χ2n) is 2.54. The summed E-state index contributed by atoms with van der Waals surface area (Å²) in [6.07, 6.45) is 8.52. The molecule has 2 aliphatic rings. The largest absolute Gasteiger partial charge is 0.281 e. The molecule has 0 amide bonds. The van der Waals surface area contributed by atoms with Gasteiger partial charge in [-0.25, -0.2) is 0 Å². The quantitative estimate of drug-likeness (QED) is 0.671. The molecule has 0 unspecified atom stereocenters. The summed E-state index contributed by atoms with van der Waals surface area (Å²) in [7, 11) is 0. The van der Waals surface area contributed by atoms with Gasteiger partial charge in [0.25, 0.3) is 0 Å². The van der Waals surface area contributed by atoms with Crippen molar-refractivity contribution in [2.45, 2.75) is 0 Å². The Morgan fingerprint density at radius 1 is 1.50 bits per heavy atom. The predicted octanol–water partition coefficient (Wildman–Crippen LogP) is 2.23. The molecule has 0 aromatic rings. The first kappa shape index (κ1) is 8.95. The molecular formula is C9H10NS2. The molecule has 5 radical (unpaired) electrons. The molecule has 12 heavy (non-hydrogen) atoms. The van der Waals surface area contributed by atoms with Crippen LogP contribution in [0.2, 0.25) is 0 Å². The van der Waals surface area contributed by atoms with Gasteiger partial charge in [0.1, 0.15) is 0 Å². The third-order valence-corrected chi connectivity index (χ3v) is 3.62. The van der Waals surface area contributed by atoms with Gasteiger partial charge in [0.2, 0.25) is 0 Å². The summed E-state index contributed by atoms with van der Waals surface area (Å²) in [5, 5.41) is 2.58. The average molecular weight is 196 g/mol. The Bertz CT molecular complexity index is 191. The first-order valence-corrected chi connectivity index (χ1v) is 6.10. The fraction of sp³-hybridized carbons (Fsp3) is 0.333. The highest BCUT2D eigenvalue weighted by atomic mass is 32.2. The van der Waals surface area contributed by atoms with Gasteiger partial charge in [0, 0.05) is 17.5 Å². The van der Waals surface area contributed by atoms with Crippen molar-refractivity contribution in [3.8, 4) is 0 Å². The van der Waals surface area contributed by atoms with E-state index in [1.165, 1.54) is 16.2 Å². The zero-order valence-corrected chi connectivity index (χ0v) is 8.54. The van der Waals surface area contributed by atoms with E-state index >= 15 is 0 Å². The Morgan fingerprint density at radius 3 is 3.08 bits per heavy atom. The minimum Gasteiger partial charge on any atom is -0.281 e. The van der Waals surface area contributed by atoms with Gasteiger partial charge >= 0.3 is 0 Å². The molecule has 1 aliphatic carbocycles. The lowest BCUT2D eigenvalue weighted by atomic mass is 10.1. The van der Waals surface area contributed by atoms with Crippen LogP contribution in [0.15, 0.2) is 4.99 Å². The van der Waals surface area contributed by atoms with Crippen LogP contribution in [0.4, 0.5) is 0 Å². The van der Waals surface area contributed by atoms with Gasteiger partial charge in [0.15, 0.2) is 0 Å². The summed E-state index contributed by atoms with van der Waals surface area (Å²) < 4.78 is 0. The third-order valence-electron chi connectivity index (χ3n) is 1.81. The van der Waals surface area contributed by atoms with Crippen LogP contribution in [0, 0.1) is 30.4 Å². The maximum Gasteiger partial charge on any atom is 0.0766 e. The minimum absolute atomic E-state index is 0.985. The van der Waals surface area contributed by atoms with Crippen molar-refractivity contribution in [2.24, 2.45) is 4.99 Å². The summed E-state index contributed by atoms with van der Waals surface area (Å²) in [4.78, 5) is 4.45. The molecule has 0 aromatic heterocycles. The number of nitrogens with zero attached hydrogens (tertiary/aromatic N) is 1. The zero-order chi connectivity index (χ0) is 8.39. The average Bonchev–Trinajstić information content (AvgIpc) is 2.74. The molecule has 2 rings (SSSR count). The van der Waals surface area contributed by atoms with Gasteiger partial charge in [-0.1, -0.05) is 0 Å². The first-order chi connectivity index (χ1) is 5.92. The lowest BCUT2D eigenvalue weighted by molar-refractivity contribution is 1.17. The number of rotatable bonds is 2. The molecule has 0 saturated heterocycles. The van der Waals surface area contributed by atoms with Crippen molar-refractivity contribution in [3.63, 3.8) is 0 Å². The van der Waals surface area contributed by atoms with Crippen molar-refractivity contribution in [3.05, 3.63) is 30.4 Å². The lowest BCUT2D eigenvalue weighted by Crippen LogP contribution is -2.08. The standard InChI is InChI=1S/C9H10NS2/c1-11-8-4-2-3-7(8)9-10-5-6-12-9/h2-4H,5-6H2,1H3. The summed E-state index contributed by atoms with van der Waals surface area (Å²) >= 11 is 3.66. The van der Waals surface area contributed by atoms with E-state index in [4.69, 9.17) is 0 Å². The molecule has 0 aromatic carbocycles. The number of aliphatic imine (C=N–C) groups is 1. The zero-order valence-electron chi connectivity index (χ0n) is 6.91. The second kappa shape index (κ2) is 4.05. The van der Waals surface area contributed by atoms with E-state index in [1.54, 1.807) is 11.8 Å². The lowest BCUT2D eigenvalue weighted by Gasteiger charge is -2.14. The van der Waals surface area contributed by atoms with Crippen LogP contribution in [0.3, 0.4) is 0 Å². The molecule has 0 bridgehead atoms. The van der Waals surface area contributed by atoms with Crippen molar-refractivity contribution < 1.29 is 0 Å². The highest BCUT2D eigenvalue weighted by molar-refractivity contribution is 8.14. The normalized spacial score (nSPS) is 26.6. The van der Waals surface area contributed by atoms with Crippen molar-refractivity contribution in [1.82, 2.24) is 0 Å². The van der Waals surface area contributed by atoms with Gasteiger partial charge in [0.05, 0.1) is 11.0 Å². The van der Waals surface area contributed by atoms with Gasteiger partial charge in [-0.15, -0.1) is 11.8 Å². The Hall–Kier alpha value is 0.370. The van der Waals surface area contributed by atoms with Crippen LogP contribution >= 0.6 is 23.5 Å². The van der Waals surface area contributed by atoms with Crippen LogP contribution in [0.1, 0.15) is 0 Å². The maximum absolute atomic E-state index is 4.45. The van der Waals surface area contributed by atoms with E-state index in [0.717, 1.165) is 12.3 Å². The van der Waals surface area contributed by atoms with E-state index in [1.807, 2.05) is 11.8 Å². The Kier molecular flexibility index (Phi) is 3.02. The number of hydrogen-bond donors (Lipinski definition) is 0. The van der Waals surface area contributed by atoms with Crippen molar-refractivity contribution >= 4 is 28.6 Å². The third kappa shape index (κ3) is 1.67. The number of thioether (sulfide) groups is 2. The van der Waals surface area contributed by atoms with Crippen molar-refractivity contribution in [2.75, 3.05) is 18.6 Å². The molecule has 1 heterocycles. The maximum atomic E-state index is 4.45. The molecule has 1 fully saturated rings. The smallest absolute Gasteiger partial charge is 0.0766 e. The predicted molar refractivity (Wildman–Crippen MR) is 57.7 cm³/mol. The minimum atomic E-state index is 0.985. The van der Waals surface area contributed by atoms with Gasteiger partial charge < -0.3 is 0 Å². The molecule has 0 N–H and O–H groups in total. The molecule has 1 nitrogen and oxygen atoms in total. The molecule has 63 valence electrons. The Balaban J connectivity index is 2.01. The summed E-state index contributed by atoms with van der Waals surface area (Å²) in [5.74, 6) is 2.47. The molecule has 3 heteroatoms. The molecule has 1 aliphatic heterocycles. The molecule has 1 saturated carbocycles. The highest BCUT2D eigenvalue weighted by Crippen LogP contribution is 2.43. The molecular weight excluding hydrogens is 186 g/mol. The van der Waals surface area contributed by atoms with Crippen LogP contribution < -0.4 is 0 Å². The first-order valence-electron chi connectivity index (χ1n) is 3.89. The van der Waals surface area contributed by atoms with Gasteiger partial charge in [-0.05, 0) is 25.5 Å². The highest BCUT2D eigenvalue weighted by Gasteiger charge is 2.33. The van der Waals surface area contributed by atoms with Crippen LogP contribution in [0.25, 0.3) is 0 Å². The van der Waals surface area contributed by atoms with Crippen LogP contribution in [0.5, 0.6) is 0 Å². The second-order valence-corrected chi connectivity index (χ2v) is 4.47. The van der Waals surface area contributed by atoms with E-state index in [0.29, 0.717) is 0 Å². The van der Waals surface area contributed by atoms with Crippen LogP contribution in [-0.4, -0.2) is 23.6 Å². The fourth-order valence-corrected chi connectivity index (χ4v) is 2.81. The van der Waals surface area contributed by atoms with E-state index < -0.39 is 0 Å². The number of hydrogen-bond acceptors (Lipinski definition) is 3. The van der Waals surface area contributed by atoms with E-state index in [-0.39, 0.29) is 0 Å².